The van der Waals surface area contributed by atoms with Crippen LogP contribution in [0.3, 0.4) is 0 Å². The van der Waals surface area contributed by atoms with Crippen molar-refractivity contribution in [2.75, 3.05) is 0 Å². The van der Waals surface area contributed by atoms with Gasteiger partial charge in [0, 0.05) is 21.2 Å². The fourth-order valence-corrected chi connectivity index (χ4v) is 2.13. The largest absolute Gasteiger partial charge is 0.257 e. The van der Waals surface area contributed by atoms with E-state index in [0.717, 1.165) is 6.20 Å². The normalized spacial score (nSPS) is 10.1. The first kappa shape index (κ1) is 12.8. The van der Waals surface area contributed by atoms with E-state index >= 15 is 0 Å². The molecule has 2 nitrogen and oxygen atoms in total. The zero-order valence-electron chi connectivity index (χ0n) is 9.12. The zero-order valence-corrected chi connectivity index (χ0v) is 10.6. The van der Waals surface area contributed by atoms with Gasteiger partial charge in [0.2, 0.25) is 0 Å². The van der Waals surface area contributed by atoms with E-state index in [1.54, 1.807) is 18.2 Å². The fraction of sp³-hybridized carbons (Fsp3) is 0.0769. The number of hydrogen-bond donors (Lipinski definition) is 0. The third kappa shape index (κ3) is 2.61. The average molecular weight is 281 g/mol. The van der Waals surface area contributed by atoms with Crippen molar-refractivity contribution in [3.05, 3.63) is 52.0 Å². The van der Waals surface area contributed by atoms with Crippen LogP contribution in [0.25, 0.3) is 11.1 Å². The van der Waals surface area contributed by atoms with Gasteiger partial charge in [-0.05, 0) is 18.2 Å². The maximum atomic E-state index is 13.3. The SMILES string of the molecule is N#CCc1ncc(F)cc1-c1ccc(Cl)cc1Cl. The van der Waals surface area contributed by atoms with Crippen LogP contribution in [0.2, 0.25) is 10.0 Å². The van der Waals surface area contributed by atoms with Crippen LogP contribution in [0.5, 0.6) is 0 Å². The Morgan fingerprint density at radius 3 is 2.67 bits per heavy atom. The van der Waals surface area contributed by atoms with Crippen LogP contribution in [-0.2, 0) is 6.42 Å². The van der Waals surface area contributed by atoms with Crippen molar-refractivity contribution in [3.63, 3.8) is 0 Å². The van der Waals surface area contributed by atoms with E-state index < -0.39 is 5.82 Å². The Morgan fingerprint density at radius 2 is 2.00 bits per heavy atom. The van der Waals surface area contributed by atoms with Crippen LogP contribution >= 0.6 is 23.2 Å². The molecule has 0 aliphatic rings. The van der Waals surface area contributed by atoms with Crippen LogP contribution in [-0.4, -0.2) is 4.98 Å². The van der Waals surface area contributed by atoms with E-state index in [2.05, 4.69) is 4.98 Å². The Labute approximate surface area is 114 Å². The summed E-state index contributed by atoms with van der Waals surface area (Å²) in [5.41, 5.74) is 1.61. The lowest BCUT2D eigenvalue weighted by atomic mass is 10.0. The number of hydrogen-bond acceptors (Lipinski definition) is 2. The quantitative estimate of drug-likeness (QED) is 0.824. The smallest absolute Gasteiger partial charge is 0.142 e. The molecule has 0 N–H and O–H groups in total. The molecule has 5 heteroatoms. The van der Waals surface area contributed by atoms with Crippen LogP contribution in [0.1, 0.15) is 5.69 Å². The molecule has 0 saturated carbocycles. The van der Waals surface area contributed by atoms with Crippen molar-refractivity contribution >= 4 is 23.2 Å². The Bertz CT molecular complexity index is 635. The van der Waals surface area contributed by atoms with Gasteiger partial charge in [-0.1, -0.05) is 29.3 Å². The summed E-state index contributed by atoms with van der Waals surface area (Å²) in [7, 11) is 0. The predicted molar refractivity (Wildman–Crippen MR) is 69.0 cm³/mol. The third-order valence-corrected chi connectivity index (χ3v) is 2.95. The summed E-state index contributed by atoms with van der Waals surface area (Å²) in [6.07, 6.45) is 1.18. The minimum atomic E-state index is -0.474. The highest BCUT2D eigenvalue weighted by atomic mass is 35.5. The molecular formula is C13H7Cl2FN2. The van der Waals surface area contributed by atoms with Gasteiger partial charge in [-0.25, -0.2) is 4.39 Å². The molecule has 1 aromatic carbocycles. The minimum absolute atomic E-state index is 0.0918. The molecule has 0 radical (unpaired) electrons. The average Bonchev–Trinajstić information content (AvgIpc) is 2.32. The topological polar surface area (TPSA) is 36.7 Å². The van der Waals surface area contributed by atoms with Crippen LogP contribution < -0.4 is 0 Å². The second kappa shape index (κ2) is 5.34. The van der Waals surface area contributed by atoms with Crippen molar-refractivity contribution < 1.29 is 4.39 Å². The van der Waals surface area contributed by atoms with Crippen molar-refractivity contribution in [3.8, 4) is 17.2 Å². The molecule has 18 heavy (non-hydrogen) atoms. The van der Waals surface area contributed by atoms with Gasteiger partial charge >= 0.3 is 0 Å². The van der Waals surface area contributed by atoms with Gasteiger partial charge in [0.25, 0.3) is 0 Å². The van der Waals surface area contributed by atoms with E-state index in [1.165, 1.54) is 6.07 Å². The van der Waals surface area contributed by atoms with E-state index in [1.807, 2.05) is 6.07 Å². The Morgan fingerprint density at radius 1 is 1.22 bits per heavy atom. The molecular weight excluding hydrogens is 274 g/mol. The van der Waals surface area contributed by atoms with Gasteiger partial charge < -0.3 is 0 Å². The first-order valence-corrected chi connectivity index (χ1v) is 5.84. The van der Waals surface area contributed by atoms with E-state index in [4.69, 9.17) is 28.5 Å². The van der Waals surface area contributed by atoms with Crippen LogP contribution in [0.4, 0.5) is 4.39 Å². The van der Waals surface area contributed by atoms with Gasteiger partial charge in [0.1, 0.15) is 5.82 Å². The van der Waals surface area contributed by atoms with Crippen molar-refractivity contribution in [2.45, 2.75) is 6.42 Å². The lowest BCUT2D eigenvalue weighted by molar-refractivity contribution is 0.620. The van der Waals surface area contributed by atoms with Crippen molar-refractivity contribution in [2.24, 2.45) is 0 Å². The molecule has 90 valence electrons. The molecule has 0 aliphatic heterocycles. The predicted octanol–water partition coefficient (Wildman–Crippen LogP) is 4.26. The fourth-order valence-electron chi connectivity index (χ4n) is 1.62. The minimum Gasteiger partial charge on any atom is -0.257 e. The Balaban J connectivity index is 2.62. The molecule has 1 heterocycles. The summed E-state index contributed by atoms with van der Waals surface area (Å²) in [5, 5.41) is 9.63. The highest BCUT2D eigenvalue weighted by Gasteiger charge is 2.11. The van der Waals surface area contributed by atoms with Gasteiger partial charge in [-0.2, -0.15) is 5.26 Å². The standard InChI is InChI=1S/C13H7Cl2FN2/c14-8-1-2-10(12(15)5-8)11-6-9(16)7-18-13(11)3-4-17/h1-2,5-7H,3H2. The molecule has 2 aromatic rings. The first-order valence-electron chi connectivity index (χ1n) is 5.08. The Hall–Kier alpha value is -1.63. The maximum absolute atomic E-state index is 13.3. The number of pyridine rings is 1. The summed E-state index contributed by atoms with van der Waals surface area (Å²) in [4.78, 5) is 3.92. The number of nitrogens with zero attached hydrogens (tertiary/aromatic N) is 2. The second-order valence-electron chi connectivity index (χ2n) is 3.61. The summed E-state index contributed by atoms with van der Waals surface area (Å²) < 4.78 is 13.3. The molecule has 0 saturated heterocycles. The molecule has 0 aliphatic carbocycles. The summed E-state index contributed by atoms with van der Waals surface area (Å²) in [6.45, 7) is 0. The number of halogens is 3. The monoisotopic (exact) mass is 280 g/mol. The van der Waals surface area contributed by atoms with Crippen LogP contribution in [0, 0.1) is 17.1 Å². The highest BCUT2D eigenvalue weighted by Crippen LogP contribution is 2.32. The summed E-state index contributed by atoms with van der Waals surface area (Å²) in [6, 6.07) is 8.21. The highest BCUT2D eigenvalue weighted by molar-refractivity contribution is 6.36. The van der Waals surface area contributed by atoms with Crippen molar-refractivity contribution in [1.82, 2.24) is 4.98 Å². The Kier molecular flexibility index (Phi) is 3.81. The third-order valence-electron chi connectivity index (χ3n) is 2.40. The van der Waals surface area contributed by atoms with Gasteiger partial charge in [0.15, 0.2) is 0 Å². The molecule has 1 aromatic heterocycles. The molecule has 0 amide bonds. The summed E-state index contributed by atoms with van der Waals surface area (Å²) in [5.74, 6) is -0.474. The van der Waals surface area contributed by atoms with Crippen LogP contribution in [0.15, 0.2) is 30.5 Å². The van der Waals surface area contributed by atoms with Gasteiger partial charge in [-0.15, -0.1) is 0 Å². The van der Waals surface area contributed by atoms with E-state index in [0.29, 0.717) is 26.9 Å². The van der Waals surface area contributed by atoms with Crippen molar-refractivity contribution in [1.29, 1.82) is 5.26 Å². The van der Waals surface area contributed by atoms with E-state index in [-0.39, 0.29) is 6.42 Å². The molecule has 0 bridgehead atoms. The number of aromatic nitrogens is 1. The molecule has 2 rings (SSSR count). The second-order valence-corrected chi connectivity index (χ2v) is 4.45. The number of rotatable bonds is 2. The molecule has 0 atom stereocenters. The number of benzene rings is 1. The first-order chi connectivity index (χ1) is 8.61. The van der Waals surface area contributed by atoms with Gasteiger partial charge in [0.05, 0.1) is 24.4 Å². The van der Waals surface area contributed by atoms with Gasteiger partial charge in [-0.3, -0.25) is 4.98 Å². The number of nitriles is 1. The zero-order chi connectivity index (χ0) is 13.1. The lowest BCUT2D eigenvalue weighted by Gasteiger charge is -2.08. The maximum Gasteiger partial charge on any atom is 0.142 e. The molecule has 0 unspecified atom stereocenters. The molecule has 0 spiro atoms. The lowest BCUT2D eigenvalue weighted by Crippen LogP contribution is -1.95. The summed E-state index contributed by atoms with van der Waals surface area (Å²) >= 11 is 11.9. The van der Waals surface area contributed by atoms with E-state index in [9.17, 15) is 4.39 Å². The molecule has 0 fully saturated rings.